The van der Waals surface area contributed by atoms with Crippen molar-refractivity contribution < 1.29 is 46.6 Å². The Kier molecular flexibility index (Phi) is 4.29. The number of hydrogen-bond donors (Lipinski definition) is 0. The first-order chi connectivity index (χ1) is 9.08. The van der Waals surface area contributed by atoms with E-state index in [4.69, 9.17) is 4.74 Å². The number of carbonyl (C=O) groups excluding carboxylic acids is 1. The minimum absolute atomic E-state index is 0. The van der Waals surface area contributed by atoms with E-state index in [9.17, 15) is 14.0 Å². The van der Waals surface area contributed by atoms with Crippen molar-refractivity contribution in [1.82, 2.24) is 24.4 Å². The van der Waals surface area contributed by atoms with Crippen molar-refractivity contribution in [3.63, 3.8) is 0 Å². The summed E-state index contributed by atoms with van der Waals surface area (Å²) in [4.78, 5) is 27.3. The van der Waals surface area contributed by atoms with Gasteiger partial charge in [-0.25, -0.2) is 19.0 Å². The van der Waals surface area contributed by atoms with Gasteiger partial charge in [0.15, 0.2) is 11.3 Å². The maximum atomic E-state index is 13.0. The Hall–Kier alpha value is -1.22. The number of aryl methyl sites for hydroxylation is 1. The van der Waals surface area contributed by atoms with Crippen LogP contribution in [-0.2, 0) is 44.5 Å². The molecule has 1 fully saturated rings. The summed E-state index contributed by atoms with van der Waals surface area (Å²) in [6, 6.07) is 0. The number of hydrogen-bond acceptors (Lipinski definition) is 6. The standard InChI is InChI=1S/C10H9FN5O3.Y/c1-15-10(18)16-4-12-7(8(16)13-14-15)9(17)19-6-3-2-5(6)11;/h2,4-6H,3H2,1H3;/q-1;. The van der Waals surface area contributed by atoms with Crippen molar-refractivity contribution in [3.8, 4) is 0 Å². The summed E-state index contributed by atoms with van der Waals surface area (Å²) in [5, 5.41) is 7.26. The summed E-state index contributed by atoms with van der Waals surface area (Å²) in [6.45, 7) is 0. The van der Waals surface area contributed by atoms with Gasteiger partial charge in [-0.15, -0.1) is 11.5 Å². The number of carbonyl (C=O) groups is 1. The van der Waals surface area contributed by atoms with Gasteiger partial charge in [0.05, 0.1) is 6.10 Å². The van der Waals surface area contributed by atoms with Gasteiger partial charge in [-0.3, -0.25) is 10.8 Å². The smallest absolute Gasteiger partial charge is 0.361 e. The molecule has 1 saturated carbocycles. The van der Waals surface area contributed by atoms with Crippen molar-refractivity contribution in [2.45, 2.75) is 18.7 Å². The summed E-state index contributed by atoms with van der Waals surface area (Å²) in [6.07, 6.45) is 0.883. The van der Waals surface area contributed by atoms with Crippen LogP contribution in [0.5, 0.6) is 0 Å². The fourth-order valence-electron chi connectivity index (χ4n) is 1.68. The van der Waals surface area contributed by atoms with Gasteiger partial charge >= 0.3 is 11.7 Å². The van der Waals surface area contributed by atoms with E-state index in [2.05, 4.69) is 15.3 Å². The summed E-state index contributed by atoms with van der Waals surface area (Å²) in [5.41, 5.74) is -0.645. The molecule has 1 aliphatic carbocycles. The summed E-state index contributed by atoms with van der Waals surface area (Å²) < 4.78 is 20.0. The molecule has 1 radical (unpaired) electrons. The van der Waals surface area contributed by atoms with Crippen LogP contribution in [0, 0.1) is 6.42 Å². The second kappa shape index (κ2) is 5.65. The van der Waals surface area contributed by atoms with Crippen molar-refractivity contribution in [1.29, 1.82) is 0 Å². The van der Waals surface area contributed by atoms with Gasteiger partial charge in [0, 0.05) is 45.9 Å². The number of alkyl halides is 1. The predicted octanol–water partition coefficient (Wildman–Crippen LogP) is -0.708. The second-order valence-corrected chi connectivity index (χ2v) is 4.14. The molecule has 2 atom stereocenters. The molecule has 2 aromatic heterocycles. The van der Waals surface area contributed by atoms with Gasteiger partial charge in [-0.05, 0) is 0 Å². The minimum atomic E-state index is -1.25. The molecule has 0 amide bonds. The predicted molar refractivity (Wildman–Crippen MR) is 59.0 cm³/mol. The Labute approximate surface area is 137 Å². The zero-order chi connectivity index (χ0) is 13.6. The van der Waals surface area contributed by atoms with E-state index in [-0.39, 0.29) is 44.1 Å². The molecule has 0 bridgehead atoms. The largest absolute Gasteiger partial charge is 0.460 e. The van der Waals surface area contributed by atoms with Crippen LogP contribution in [0.2, 0.25) is 0 Å². The van der Waals surface area contributed by atoms with Crippen LogP contribution in [0.15, 0.2) is 11.1 Å². The molecule has 3 rings (SSSR count). The third-order valence-corrected chi connectivity index (χ3v) is 2.90. The van der Waals surface area contributed by atoms with Crippen LogP contribution in [0.3, 0.4) is 0 Å². The number of imidazole rings is 1. The number of fused-ring (bicyclic) bond motifs is 1. The number of aromatic nitrogens is 5. The molecular weight excluding hydrogens is 346 g/mol. The Balaban J connectivity index is 0.00000147. The van der Waals surface area contributed by atoms with Crippen molar-refractivity contribution in [2.24, 2.45) is 7.05 Å². The van der Waals surface area contributed by atoms with E-state index in [1.54, 1.807) is 0 Å². The van der Waals surface area contributed by atoms with E-state index in [1.165, 1.54) is 13.5 Å². The molecule has 0 aliphatic heterocycles. The average molecular weight is 355 g/mol. The van der Waals surface area contributed by atoms with Crippen LogP contribution < -0.4 is 5.69 Å². The Morgan fingerprint density at radius 2 is 2.35 bits per heavy atom. The van der Waals surface area contributed by atoms with E-state index in [1.807, 2.05) is 0 Å². The van der Waals surface area contributed by atoms with Crippen LogP contribution in [0.25, 0.3) is 5.65 Å². The molecule has 0 spiro atoms. The Bertz CT molecular complexity index is 714. The molecule has 103 valence electrons. The van der Waals surface area contributed by atoms with E-state index in [0.717, 1.165) is 15.4 Å². The fourth-order valence-corrected chi connectivity index (χ4v) is 1.68. The van der Waals surface area contributed by atoms with Gasteiger partial charge in [0.2, 0.25) is 0 Å². The average Bonchev–Trinajstić information content (AvgIpc) is 2.83. The first-order valence-corrected chi connectivity index (χ1v) is 5.53. The van der Waals surface area contributed by atoms with Crippen LogP contribution >= 0.6 is 0 Å². The number of nitrogens with zero attached hydrogens (tertiary/aromatic N) is 5. The molecule has 20 heavy (non-hydrogen) atoms. The molecule has 0 aromatic carbocycles. The Morgan fingerprint density at radius 3 is 2.95 bits per heavy atom. The molecule has 2 unspecified atom stereocenters. The van der Waals surface area contributed by atoms with Crippen LogP contribution in [0.1, 0.15) is 16.9 Å². The Morgan fingerprint density at radius 1 is 1.60 bits per heavy atom. The first-order valence-electron chi connectivity index (χ1n) is 5.53. The number of halogens is 1. The first kappa shape index (κ1) is 15.2. The molecule has 2 heterocycles. The van der Waals surface area contributed by atoms with Crippen molar-refractivity contribution in [3.05, 3.63) is 28.9 Å². The summed E-state index contributed by atoms with van der Waals surface area (Å²) >= 11 is 0. The summed E-state index contributed by atoms with van der Waals surface area (Å²) in [5.74, 6) is -0.814. The zero-order valence-corrected chi connectivity index (χ0v) is 13.3. The third-order valence-electron chi connectivity index (χ3n) is 2.90. The second-order valence-electron chi connectivity index (χ2n) is 4.14. The molecule has 2 aromatic rings. The number of rotatable bonds is 2. The van der Waals surface area contributed by atoms with Gasteiger partial charge in [0.1, 0.15) is 6.33 Å². The zero-order valence-electron chi connectivity index (χ0n) is 10.4. The fraction of sp³-hybridized carbons (Fsp3) is 0.400. The normalized spacial score (nSPS) is 21.1. The van der Waals surface area contributed by atoms with Crippen LogP contribution in [0.4, 0.5) is 4.39 Å². The van der Waals surface area contributed by atoms with Crippen molar-refractivity contribution in [2.75, 3.05) is 0 Å². The monoisotopic (exact) mass is 355 g/mol. The van der Waals surface area contributed by atoms with Gasteiger partial charge in [-0.1, -0.05) is 5.21 Å². The molecule has 8 nitrogen and oxygen atoms in total. The summed E-state index contributed by atoms with van der Waals surface area (Å²) in [7, 11) is 1.42. The van der Waals surface area contributed by atoms with Gasteiger partial charge in [0.25, 0.3) is 0 Å². The van der Waals surface area contributed by atoms with Gasteiger partial charge < -0.3 is 4.74 Å². The SMILES string of the molecule is Cn1nnc2c(C(=O)OC3C[CH-]C3F)ncn2c1=O.[Y]. The molecular formula is C10H9FN5O3Y-. The van der Waals surface area contributed by atoms with Crippen molar-refractivity contribution >= 4 is 11.6 Å². The van der Waals surface area contributed by atoms with E-state index < -0.39 is 23.9 Å². The minimum Gasteiger partial charge on any atom is -0.460 e. The molecule has 10 heteroatoms. The third kappa shape index (κ3) is 2.39. The molecule has 0 saturated heterocycles. The maximum absolute atomic E-state index is 13.0. The van der Waals surface area contributed by atoms with E-state index in [0.29, 0.717) is 6.42 Å². The molecule has 1 aliphatic rings. The van der Waals surface area contributed by atoms with E-state index >= 15 is 0 Å². The quantitative estimate of drug-likeness (QED) is 0.522. The van der Waals surface area contributed by atoms with Crippen LogP contribution in [-0.4, -0.2) is 42.6 Å². The number of ether oxygens (including phenoxy) is 1. The number of esters is 1. The van der Waals surface area contributed by atoms with Gasteiger partial charge in [-0.2, -0.15) is 4.68 Å². The topological polar surface area (TPSA) is 91.4 Å². The molecule has 0 N–H and O–H groups in total. The maximum Gasteiger partial charge on any atom is 0.361 e.